The van der Waals surface area contributed by atoms with E-state index >= 15 is 0 Å². The molecule has 1 saturated carbocycles. The van der Waals surface area contributed by atoms with Gasteiger partial charge in [0.25, 0.3) is 0 Å². The number of rotatable bonds is 7. The topological polar surface area (TPSA) is 59.1 Å². The van der Waals surface area contributed by atoms with Crippen LogP contribution >= 0.6 is 0 Å². The molecule has 1 fully saturated rings. The van der Waals surface area contributed by atoms with Crippen LogP contribution in [0.4, 0.5) is 11.6 Å². The molecule has 0 bridgehead atoms. The first-order valence-corrected chi connectivity index (χ1v) is 8.06. The first kappa shape index (κ1) is 16.0. The zero-order valence-corrected chi connectivity index (χ0v) is 13.5. The molecule has 0 radical (unpaired) electrons. The van der Waals surface area contributed by atoms with Crippen molar-refractivity contribution < 1.29 is 4.74 Å². The summed E-state index contributed by atoms with van der Waals surface area (Å²) in [5, 5.41) is 6.73. The molecule has 2 atom stereocenters. The molecule has 1 aliphatic carbocycles. The second-order valence-electron chi connectivity index (χ2n) is 6.04. The average molecular weight is 292 g/mol. The number of ether oxygens (including phenoxy) is 1. The molecule has 0 aliphatic heterocycles. The minimum atomic E-state index is 0.439. The summed E-state index contributed by atoms with van der Waals surface area (Å²) >= 11 is 0. The van der Waals surface area contributed by atoms with Crippen molar-refractivity contribution in [1.82, 2.24) is 9.97 Å². The number of hydrogen-bond acceptors (Lipinski definition) is 5. The molecule has 1 heterocycles. The van der Waals surface area contributed by atoms with Crippen molar-refractivity contribution in [3.05, 3.63) is 11.9 Å². The molecule has 2 rings (SSSR count). The average Bonchev–Trinajstić information content (AvgIpc) is 2.46. The van der Waals surface area contributed by atoms with Crippen molar-refractivity contribution in [2.75, 3.05) is 30.8 Å². The van der Waals surface area contributed by atoms with Gasteiger partial charge in [-0.1, -0.05) is 19.8 Å². The van der Waals surface area contributed by atoms with Crippen LogP contribution in [-0.4, -0.2) is 30.2 Å². The first-order valence-electron chi connectivity index (χ1n) is 8.06. The molecule has 21 heavy (non-hydrogen) atoms. The number of aromatic nitrogens is 2. The maximum atomic E-state index is 5.14. The molecule has 5 heteroatoms. The second-order valence-corrected chi connectivity index (χ2v) is 6.04. The monoisotopic (exact) mass is 292 g/mol. The van der Waals surface area contributed by atoms with Gasteiger partial charge in [0, 0.05) is 26.3 Å². The van der Waals surface area contributed by atoms with E-state index in [0.29, 0.717) is 6.61 Å². The molecule has 0 amide bonds. The fourth-order valence-electron chi connectivity index (χ4n) is 3.05. The summed E-state index contributed by atoms with van der Waals surface area (Å²) in [6.07, 6.45) is 5.39. The molecular formula is C16H28N4O. The van der Waals surface area contributed by atoms with E-state index in [4.69, 9.17) is 4.74 Å². The van der Waals surface area contributed by atoms with E-state index in [1.165, 1.54) is 25.7 Å². The Morgan fingerprint density at radius 2 is 2.00 bits per heavy atom. The number of hydrogen-bond donors (Lipinski definition) is 2. The van der Waals surface area contributed by atoms with Crippen molar-refractivity contribution in [3.63, 3.8) is 0 Å². The van der Waals surface area contributed by atoms with E-state index in [1.54, 1.807) is 7.11 Å². The Balaban J connectivity index is 1.97. The van der Waals surface area contributed by atoms with Crippen LogP contribution in [0.3, 0.4) is 0 Å². The Morgan fingerprint density at radius 3 is 2.67 bits per heavy atom. The summed E-state index contributed by atoms with van der Waals surface area (Å²) in [5.74, 6) is 4.09. The van der Waals surface area contributed by atoms with Crippen LogP contribution in [-0.2, 0) is 11.3 Å². The van der Waals surface area contributed by atoms with Crippen molar-refractivity contribution in [2.45, 2.75) is 46.1 Å². The molecule has 1 aromatic heterocycles. The lowest BCUT2D eigenvalue weighted by atomic mass is 9.82. The van der Waals surface area contributed by atoms with Gasteiger partial charge in [-0.15, -0.1) is 0 Å². The standard InChI is InChI=1S/C16H28N4O/c1-4-17-14-9-15(20-16(19-14)11-21-3)18-10-13-7-5-6-12(2)8-13/h9,12-13H,4-8,10-11H2,1-3H3,(H2,17,18,19,20). The van der Waals surface area contributed by atoms with E-state index in [0.717, 1.165) is 42.4 Å². The summed E-state index contributed by atoms with van der Waals surface area (Å²) in [6.45, 7) is 6.71. The molecule has 118 valence electrons. The zero-order valence-electron chi connectivity index (χ0n) is 13.5. The number of methoxy groups -OCH3 is 1. The Labute approximate surface area is 127 Å². The molecule has 2 N–H and O–H groups in total. The highest BCUT2D eigenvalue weighted by molar-refractivity contribution is 5.47. The van der Waals surface area contributed by atoms with Crippen molar-refractivity contribution >= 4 is 11.6 Å². The number of nitrogens with one attached hydrogen (secondary N) is 2. The van der Waals surface area contributed by atoms with Gasteiger partial charge in [0.1, 0.15) is 18.2 Å². The third kappa shape index (κ3) is 5.16. The highest BCUT2D eigenvalue weighted by atomic mass is 16.5. The van der Waals surface area contributed by atoms with E-state index < -0.39 is 0 Å². The molecule has 0 spiro atoms. The Morgan fingerprint density at radius 1 is 1.24 bits per heavy atom. The molecule has 1 aliphatic rings. The lowest BCUT2D eigenvalue weighted by Crippen LogP contribution is -2.21. The summed E-state index contributed by atoms with van der Waals surface area (Å²) in [5.41, 5.74) is 0. The Kier molecular flexibility index (Phi) is 6.23. The van der Waals surface area contributed by atoms with Crippen LogP contribution in [0.1, 0.15) is 45.4 Å². The predicted octanol–water partition coefficient (Wildman–Crippen LogP) is 3.29. The van der Waals surface area contributed by atoms with Gasteiger partial charge in [-0.3, -0.25) is 0 Å². The maximum Gasteiger partial charge on any atom is 0.158 e. The second kappa shape index (κ2) is 8.17. The molecule has 1 aromatic rings. The van der Waals surface area contributed by atoms with Gasteiger partial charge >= 0.3 is 0 Å². The SMILES string of the molecule is CCNc1cc(NCC2CCCC(C)C2)nc(COC)n1. The lowest BCUT2D eigenvalue weighted by Gasteiger charge is -2.27. The highest BCUT2D eigenvalue weighted by Crippen LogP contribution is 2.28. The quantitative estimate of drug-likeness (QED) is 0.807. The highest BCUT2D eigenvalue weighted by Gasteiger charge is 2.18. The van der Waals surface area contributed by atoms with Gasteiger partial charge in [-0.25, -0.2) is 9.97 Å². The summed E-state index contributed by atoms with van der Waals surface area (Å²) < 4.78 is 5.14. The smallest absolute Gasteiger partial charge is 0.158 e. The van der Waals surface area contributed by atoms with Crippen LogP contribution < -0.4 is 10.6 Å². The first-order chi connectivity index (χ1) is 10.2. The third-order valence-electron chi connectivity index (χ3n) is 4.02. The molecule has 0 aromatic carbocycles. The zero-order chi connectivity index (χ0) is 15.1. The van der Waals surface area contributed by atoms with E-state index in [-0.39, 0.29) is 0 Å². The van der Waals surface area contributed by atoms with Crippen LogP contribution in [0.25, 0.3) is 0 Å². The van der Waals surface area contributed by atoms with Gasteiger partial charge in [0.2, 0.25) is 0 Å². The molecule has 5 nitrogen and oxygen atoms in total. The van der Waals surface area contributed by atoms with Gasteiger partial charge in [0.15, 0.2) is 5.82 Å². The van der Waals surface area contributed by atoms with Gasteiger partial charge in [0.05, 0.1) is 0 Å². The minimum Gasteiger partial charge on any atom is -0.377 e. The molecule has 0 saturated heterocycles. The van der Waals surface area contributed by atoms with Crippen molar-refractivity contribution in [3.8, 4) is 0 Å². The normalized spacial score (nSPS) is 22.0. The van der Waals surface area contributed by atoms with Crippen LogP contribution in [0, 0.1) is 11.8 Å². The van der Waals surface area contributed by atoms with Crippen molar-refractivity contribution in [1.29, 1.82) is 0 Å². The van der Waals surface area contributed by atoms with E-state index in [9.17, 15) is 0 Å². The predicted molar refractivity (Wildman–Crippen MR) is 86.5 cm³/mol. The van der Waals surface area contributed by atoms with Crippen LogP contribution in [0.15, 0.2) is 6.07 Å². The Bertz CT molecular complexity index is 414. The summed E-state index contributed by atoms with van der Waals surface area (Å²) in [4.78, 5) is 8.95. The number of anilines is 2. The largest absolute Gasteiger partial charge is 0.377 e. The number of nitrogens with zero attached hydrogens (tertiary/aromatic N) is 2. The van der Waals surface area contributed by atoms with Crippen LogP contribution in [0.5, 0.6) is 0 Å². The van der Waals surface area contributed by atoms with Gasteiger partial charge in [-0.2, -0.15) is 0 Å². The molecule has 2 unspecified atom stereocenters. The maximum absolute atomic E-state index is 5.14. The van der Waals surface area contributed by atoms with E-state index in [2.05, 4.69) is 34.4 Å². The van der Waals surface area contributed by atoms with Crippen LogP contribution in [0.2, 0.25) is 0 Å². The summed E-state index contributed by atoms with van der Waals surface area (Å²) in [6, 6.07) is 1.98. The van der Waals surface area contributed by atoms with Crippen molar-refractivity contribution in [2.24, 2.45) is 11.8 Å². The molecular weight excluding hydrogens is 264 g/mol. The fraction of sp³-hybridized carbons (Fsp3) is 0.750. The lowest BCUT2D eigenvalue weighted by molar-refractivity contribution is 0.178. The Hall–Kier alpha value is -1.36. The summed E-state index contributed by atoms with van der Waals surface area (Å²) in [7, 11) is 1.67. The third-order valence-corrected chi connectivity index (χ3v) is 4.02. The van der Waals surface area contributed by atoms with Gasteiger partial charge in [-0.05, 0) is 31.6 Å². The minimum absolute atomic E-state index is 0.439. The fourth-order valence-corrected chi connectivity index (χ4v) is 3.05. The van der Waals surface area contributed by atoms with Gasteiger partial charge < -0.3 is 15.4 Å². The van der Waals surface area contributed by atoms with E-state index in [1.807, 2.05) is 6.07 Å².